The van der Waals surface area contributed by atoms with Crippen LogP contribution in [0.1, 0.15) is 5.56 Å². The molecule has 2 rings (SSSR count). The number of benzene rings is 2. The molecule has 4 nitrogen and oxygen atoms in total. The molecule has 0 heterocycles. The molecule has 0 saturated carbocycles. The van der Waals surface area contributed by atoms with Crippen molar-refractivity contribution in [3.8, 4) is 5.75 Å². The lowest BCUT2D eigenvalue weighted by molar-refractivity contribution is 0.304. The van der Waals surface area contributed by atoms with Gasteiger partial charge in [0, 0.05) is 22.0 Å². The quantitative estimate of drug-likeness (QED) is 0.855. The second-order valence-electron chi connectivity index (χ2n) is 4.39. The van der Waals surface area contributed by atoms with Gasteiger partial charge in [0.2, 0.25) is 0 Å². The van der Waals surface area contributed by atoms with E-state index >= 15 is 0 Å². The third-order valence-electron chi connectivity index (χ3n) is 2.71. The van der Waals surface area contributed by atoms with Crippen molar-refractivity contribution in [3.63, 3.8) is 0 Å². The lowest BCUT2D eigenvalue weighted by Gasteiger charge is -2.09. The van der Waals surface area contributed by atoms with Gasteiger partial charge >= 0.3 is 0 Å². The van der Waals surface area contributed by atoms with Gasteiger partial charge in [0.25, 0.3) is 0 Å². The molecule has 2 N–H and O–H groups in total. The third-order valence-corrected chi connectivity index (χ3v) is 4.55. The summed E-state index contributed by atoms with van der Waals surface area (Å²) in [6, 6.07) is 11.9. The first-order valence-corrected chi connectivity index (χ1v) is 8.51. The van der Waals surface area contributed by atoms with Crippen molar-refractivity contribution in [3.05, 3.63) is 52.5 Å². The maximum Gasteiger partial charge on any atom is 0.175 e. The van der Waals surface area contributed by atoms with Crippen molar-refractivity contribution in [2.45, 2.75) is 11.5 Å². The van der Waals surface area contributed by atoms with Gasteiger partial charge in [-0.2, -0.15) is 0 Å². The smallest absolute Gasteiger partial charge is 0.175 e. The average molecular weight is 356 g/mol. The summed E-state index contributed by atoms with van der Waals surface area (Å²) in [7, 11) is -3.23. The fraction of sp³-hybridized carbons (Fsp3) is 0.143. The van der Waals surface area contributed by atoms with E-state index in [0.29, 0.717) is 18.0 Å². The monoisotopic (exact) mass is 355 g/mol. The van der Waals surface area contributed by atoms with Crippen LogP contribution in [0, 0.1) is 0 Å². The van der Waals surface area contributed by atoms with Gasteiger partial charge in [0.15, 0.2) is 9.84 Å². The molecule has 0 aliphatic carbocycles. The summed E-state index contributed by atoms with van der Waals surface area (Å²) < 4.78 is 29.4. The van der Waals surface area contributed by atoms with Crippen LogP contribution in [0.5, 0.6) is 5.75 Å². The molecule has 0 bridgehead atoms. The molecule has 2 aromatic rings. The molecule has 0 radical (unpaired) electrons. The molecular weight excluding hydrogens is 342 g/mol. The normalized spacial score (nSPS) is 11.3. The summed E-state index contributed by atoms with van der Waals surface area (Å²) in [6.07, 6.45) is 1.17. The molecule has 106 valence electrons. The van der Waals surface area contributed by atoms with Gasteiger partial charge < -0.3 is 10.5 Å². The zero-order valence-electron chi connectivity index (χ0n) is 10.8. The van der Waals surface area contributed by atoms with Crippen LogP contribution in [0.4, 0.5) is 5.69 Å². The highest BCUT2D eigenvalue weighted by Gasteiger charge is 2.08. The van der Waals surface area contributed by atoms with Crippen LogP contribution in [-0.4, -0.2) is 14.7 Å². The van der Waals surface area contributed by atoms with Crippen molar-refractivity contribution in [2.24, 2.45) is 0 Å². The Morgan fingerprint density at radius 2 is 1.95 bits per heavy atom. The van der Waals surface area contributed by atoms with Crippen molar-refractivity contribution in [2.75, 3.05) is 12.0 Å². The maximum atomic E-state index is 11.5. The first-order valence-electron chi connectivity index (χ1n) is 5.83. The highest BCUT2D eigenvalue weighted by molar-refractivity contribution is 9.10. The number of ether oxygens (including phenoxy) is 1. The Bertz CT molecular complexity index is 729. The van der Waals surface area contributed by atoms with E-state index in [4.69, 9.17) is 10.5 Å². The van der Waals surface area contributed by atoms with Crippen molar-refractivity contribution >= 4 is 31.5 Å². The molecular formula is C14H14BrNO3S. The van der Waals surface area contributed by atoms with Gasteiger partial charge in [-0.3, -0.25) is 0 Å². The van der Waals surface area contributed by atoms with Crippen LogP contribution in [0.3, 0.4) is 0 Å². The SMILES string of the molecule is CS(=O)(=O)c1cccc(OCc2ccc(N)cc2Br)c1. The predicted molar refractivity (Wildman–Crippen MR) is 82.4 cm³/mol. The molecule has 0 spiro atoms. The van der Waals surface area contributed by atoms with Gasteiger partial charge in [-0.1, -0.05) is 28.1 Å². The zero-order valence-corrected chi connectivity index (χ0v) is 13.2. The fourth-order valence-corrected chi connectivity index (χ4v) is 2.80. The van der Waals surface area contributed by atoms with E-state index < -0.39 is 9.84 Å². The van der Waals surface area contributed by atoms with Crippen LogP contribution in [0.15, 0.2) is 51.8 Å². The average Bonchev–Trinajstić information content (AvgIpc) is 2.37. The topological polar surface area (TPSA) is 69.4 Å². The number of sulfone groups is 1. The van der Waals surface area contributed by atoms with E-state index in [0.717, 1.165) is 10.0 Å². The molecule has 0 saturated heterocycles. The Hall–Kier alpha value is -1.53. The summed E-state index contributed by atoms with van der Waals surface area (Å²) in [4.78, 5) is 0.242. The minimum Gasteiger partial charge on any atom is -0.489 e. The number of anilines is 1. The van der Waals surface area contributed by atoms with Gasteiger partial charge in [0.1, 0.15) is 12.4 Å². The summed E-state index contributed by atoms with van der Waals surface area (Å²) in [5, 5.41) is 0. The van der Waals surface area contributed by atoms with Crippen molar-refractivity contribution in [1.29, 1.82) is 0 Å². The predicted octanol–water partition coefficient (Wildman–Crippen LogP) is 3.01. The van der Waals surface area contributed by atoms with Gasteiger partial charge in [-0.25, -0.2) is 8.42 Å². The van der Waals surface area contributed by atoms with Crippen LogP contribution < -0.4 is 10.5 Å². The van der Waals surface area contributed by atoms with Crippen molar-refractivity contribution in [1.82, 2.24) is 0 Å². The number of rotatable bonds is 4. The molecule has 0 fully saturated rings. The lowest BCUT2D eigenvalue weighted by Crippen LogP contribution is -2.00. The molecule has 0 aromatic heterocycles. The van der Waals surface area contributed by atoms with Gasteiger partial charge in [-0.05, 0) is 30.3 Å². The number of nitrogens with two attached hydrogens (primary N) is 1. The number of hydrogen-bond acceptors (Lipinski definition) is 4. The number of nitrogen functional groups attached to an aromatic ring is 1. The summed E-state index contributed by atoms with van der Waals surface area (Å²) in [6.45, 7) is 0.327. The van der Waals surface area contributed by atoms with Crippen LogP contribution in [0.25, 0.3) is 0 Å². The van der Waals surface area contributed by atoms with Crippen LogP contribution >= 0.6 is 15.9 Å². The highest BCUT2D eigenvalue weighted by Crippen LogP contribution is 2.23. The van der Waals surface area contributed by atoms with Crippen molar-refractivity contribution < 1.29 is 13.2 Å². The number of halogens is 1. The zero-order chi connectivity index (χ0) is 14.8. The Kier molecular flexibility index (Phi) is 4.35. The minimum atomic E-state index is -3.23. The molecule has 20 heavy (non-hydrogen) atoms. The Labute approximate surface area is 126 Å². The van der Waals surface area contributed by atoms with Crippen LogP contribution in [-0.2, 0) is 16.4 Å². The summed E-state index contributed by atoms with van der Waals surface area (Å²) in [5.41, 5.74) is 7.27. The van der Waals surface area contributed by atoms with E-state index in [-0.39, 0.29) is 4.90 Å². The second kappa shape index (κ2) is 5.85. The first kappa shape index (κ1) is 14.9. The molecule has 0 amide bonds. The molecule has 0 atom stereocenters. The largest absolute Gasteiger partial charge is 0.489 e. The standard InChI is InChI=1S/C14H14BrNO3S/c1-20(17,18)13-4-2-3-12(8-13)19-9-10-5-6-11(16)7-14(10)15/h2-8H,9,16H2,1H3. The second-order valence-corrected chi connectivity index (χ2v) is 7.26. The van der Waals surface area contributed by atoms with Crippen LogP contribution in [0.2, 0.25) is 0 Å². The maximum absolute atomic E-state index is 11.5. The molecule has 6 heteroatoms. The molecule has 0 aliphatic heterocycles. The number of hydrogen-bond donors (Lipinski definition) is 1. The molecule has 0 aliphatic rings. The summed E-state index contributed by atoms with van der Waals surface area (Å²) in [5.74, 6) is 0.511. The summed E-state index contributed by atoms with van der Waals surface area (Å²) >= 11 is 3.41. The van der Waals surface area contributed by atoms with E-state index in [1.165, 1.54) is 12.3 Å². The first-order chi connectivity index (χ1) is 9.36. The minimum absolute atomic E-state index is 0.242. The van der Waals surface area contributed by atoms with E-state index in [1.54, 1.807) is 30.3 Å². The van der Waals surface area contributed by atoms with E-state index in [1.807, 2.05) is 6.07 Å². The Morgan fingerprint density at radius 3 is 2.60 bits per heavy atom. The van der Waals surface area contributed by atoms with E-state index in [9.17, 15) is 8.42 Å². The van der Waals surface area contributed by atoms with Gasteiger partial charge in [-0.15, -0.1) is 0 Å². The lowest BCUT2D eigenvalue weighted by atomic mass is 10.2. The highest BCUT2D eigenvalue weighted by atomic mass is 79.9. The van der Waals surface area contributed by atoms with Gasteiger partial charge in [0.05, 0.1) is 4.90 Å². The molecule has 0 unspecified atom stereocenters. The Morgan fingerprint density at radius 1 is 1.20 bits per heavy atom. The third kappa shape index (κ3) is 3.74. The fourth-order valence-electron chi connectivity index (χ4n) is 1.64. The Balaban J connectivity index is 2.15. The van der Waals surface area contributed by atoms with E-state index in [2.05, 4.69) is 15.9 Å². The molecule has 2 aromatic carbocycles.